The molecule has 1 heterocycles. The van der Waals surface area contributed by atoms with Crippen LogP contribution in [0.25, 0.3) is 0 Å². The number of methoxy groups -OCH3 is 1. The van der Waals surface area contributed by atoms with Crippen molar-refractivity contribution in [3.05, 3.63) is 24.5 Å². The van der Waals surface area contributed by atoms with Crippen LogP contribution in [0.1, 0.15) is 6.92 Å². The maximum atomic E-state index is 5.47. The van der Waals surface area contributed by atoms with Crippen LogP contribution in [-0.4, -0.2) is 37.7 Å². The van der Waals surface area contributed by atoms with Crippen LogP contribution < -0.4 is 16.2 Å². The average Bonchev–Trinajstić information content (AvgIpc) is 2.36. The Bertz CT molecular complexity index is 354. The predicted molar refractivity (Wildman–Crippen MR) is 68.7 cm³/mol. The fraction of sp³-hybridized carbons (Fsp3) is 0.455. The lowest BCUT2D eigenvalue weighted by molar-refractivity contribution is 0.185. The molecule has 94 valence electrons. The molecule has 0 aliphatic carbocycles. The number of nitrogens with zero attached hydrogens (tertiary/aromatic N) is 3. The number of hydrogen-bond donors (Lipinski definition) is 2. The van der Waals surface area contributed by atoms with E-state index in [0.717, 1.165) is 5.69 Å². The monoisotopic (exact) mass is 237 g/mol. The van der Waals surface area contributed by atoms with Crippen molar-refractivity contribution >= 4 is 11.6 Å². The molecule has 1 aromatic heterocycles. The van der Waals surface area contributed by atoms with E-state index in [9.17, 15) is 0 Å². The van der Waals surface area contributed by atoms with E-state index in [0.29, 0.717) is 12.6 Å². The number of rotatable bonds is 4. The van der Waals surface area contributed by atoms with Gasteiger partial charge in [-0.05, 0) is 19.1 Å². The Kier molecular flexibility index (Phi) is 5.38. The maximum Gasteiger partial charge on any atom is 0.213 e. The van der Waals surface area contributed by atoms with E-state index < -0.39 is 0 Å². The largest absolute Gasteiger partial charge is 0.382 e. The quantitative estimate of drug-likeness (QED) is 0.342. The number of pyridine rings is 1. The molecule has 1 rings (SSSR count). The number of nitrogens with two attached hydrogens (primary N) is 1. The lowest BCUT2D eigenvalue weighted by Crippen LogP contribution is -2.43. The SMILES string of the molecule is COCC(C)N=C(NN)N(C)c1cccnc1. The molecule has 0 radical (unpaired) electrons. The molecule has 6 nitrogen and oxygen atoms in total. The third-order valence-corrected chi connectivity index (χ3v) is 2.23. The minimum Gasteiger partial charge on any atom is -0.382 e. The minimum atomic E-state index is 0.0326. The van der Waals surface area contributed by atoms with Crippen LogP contribution in [0.2, 0.25) is 0 Å². The van der Waals surface area contributed by atoms with Gasteiger partial charge in [0.2, 0.25) is 5.96 Å². The molecule has 0 aliphatic rings. The highest BCUT2D eigenvalue weighted by atomic mass is 16.5. The van der Waals surface area contributed by atoms with Gasteiger partial charge >= 0.3 is 0 Å². The number of nitrogens with one attached hydrogen (secondary N) is 1. The molecule has 0 bridgehead atoms. The van der Waals surface area contributed by atoms with Crippen LogP contribution >= 0.6 is 0 Å². The Labute approximate surface area is 101 Å². The van der Waals surface area contributed by atoms with E-state index in [1.807, 2.05) is 31.0 Å². The first-order chi connectivity index (χ1) is 8.19. The Balaban J connectivity index is 2.80. The smallest absolute Gasteiger partial charge is 0.213 e. The van der Waals surface area contributed by atoms with Crippen molar-refractivity contribution in [2.75, 3.05) is 25.7 Å². The fourth-order valence-corrected chi connectivity index (χ4v) is 1.38. The normalized spacial score (nSPS) is 13.3. The van der Waals surface area contributed by atoms with Gasteiger partial charge in [-0.25, -0.2) is 10.8 Å². The predicted octanol–water partition coefficient (Wildman–Crippen LogP) is 0.372. The van der Waals surface area contributed by atoms with Gasteiger partial charge in [0.15, 0.2) is 0 Å². The summed E-state index contributed by atoms with van der Waals surface area (Å²) in [6.07, 6.45) is 3.46. The zero-order valence-electron chi connectivity index (χ0n) is 10.4. The number of aromatic nitrogens is 1. The zero-order valence-corrected chi connectivity index (χ0v) is 10.4. The van der Waals surface area contributed by atoms with Crippen LogP contribution in [0.3, 0.4) is 0 Å². The molecule has 0 spiro atoms. The van der Waals surface area contributed by atoms with Gasteiger partial charge in [-0.1, -0.05) is 0 Å². The molecule has 1 unspecified atom stereocenters. The fourth-order valence-electron chi connectivity index (χ4n) is 1.38. The molecule has 0 aliphatic heterocycles. The highest BCUT2D eigenvalue weighted by molar-refractivity contribution is 5.95. The lowest BCUT2D eigenvalue weighted by Gasteiger charge is -2.21. The van der Waals surface area contributed by atoms with Crippen molar-refractivity contribution in [3.63, 3.8) is 0 Å². The first-order valence-electron chi connectivity index (χ1n) is 5.36. The first-order valence-corrected chi connectivity index (χ1v) is 5.36. The van der Waals surface area contributed by atoms with Crippen molar-refractivity contribution in [3.8, 4) is 0 Å². The molecule has 0 saturated carbocycles. The summed E-state index contributed by atoms with van der Waals surface area (Å²) in [5, 5.41) is 0. The van der Waals surface area contributed by atoms with E-state index in [1.54, 1.807) is 19.5 Å². The number of aliphatic imine (C=N–C) groups is 1. The number of ether oxygens (including phenoxy) is 1. The highest BCUT2D eigenvalue weighted by Crippen LogP contribution is 2.09. The van der Waals surface area contributed by atoms with Crippen molar-refractivity contribution in [2.45, 2.75) is 13.0 Å². The van der Waals surface area contributed by atoms with Crippen LogP contribution in [0.15, 0.2) is 29.5 Å². The molecule has 6 heteroatoms. The summed E-state index contributed by atoms with van der Waals surface area (Å²) in [7, 11) is 3.52. The van der Waals surface area contributed by atoms with Gasteiger partial charge < -0.3 is 9.64 Å². The van der Waals surface area contributed by atoms with E-state index in [2.05, 4.69) is 15.4 Å². The van der Waals surface area contributed by atoms with Crippen molar-refractivity contribution < 1.29 is 4.74 Å². The highest BCUT2D eigenvalue weighted by Gasteiger charge is 2.09. The topological polar surface area (TPSA) is 75.8 Å². The number of hydrogen-bond acceptors (Lipinski definition) is 4. The molecule has 1 atom stereocenters. The Morgan fingerprint density at radius 2 is 2.47 bits per heavy atom. The van der Waals surface area contributed by atoms with Crippen LogP contribution in [-0.2, 0) is 4.74 Å². The van der Waals surface area contributed by atoms with Gasteiger partial charge in [0.25, 0.3) is 0 Å². The number of guanidine groups is 1. The summed E-state index contributed by atoms with van der Waals surface area (Å²) in [6, 6.07) is 3.82. The molecule has 1 aromatic rings. The van der Waals surface area contributed by atoms with Crippen LogP contribution in [0, 0.1) is 0 Å². The van der Waals surface area contributed by atoms with Crippen molar-refractivity contribution in [1.82, 2.24) is 10.4 Å². The first kappa shape index (κ1) is 13.4. The van der Waals surface area contributed by atoms with Gasteiger partial charge in [-0.15, -0.1) is 0 Å². The lowest BCUT2D eigenvalue weighted by atomic mass is 10.4. The molecule has 3 N–H and O–H groups in total. The molecule has 0 saturated heterocycles. The van der Waals surface area contributed by atoms with Gasteiger partial charge in [0.05, 0.1) is 24.5 Å². The maximum absolute atomic E-state index is 5.47. The number of anilines is 1. The standard InChI is InChI=1S/C11H19N5O/c1-9(8-17-3)14-11(15-12)16(2)10-5-4-6-13-7-10/h4-7,9H,8,12H2,1-3H3,(H,14,15). The van der Waals surface area contributed by atoms with Gasteiger partial charge in [-0.2, -0.15) is 0 Å². The van der Waals surface area contributed by atoms with Crippen molar-refractivity contribution in [1.29, 1.82) is 0 Å². The van der Waals surface area contributed by atoms with E-state index >= 15 is 0 Å². The second kappa shape index (κ2) is 6.82. The zero-order chi connectivity index (χ0) is 12.7. The molecular formula is C11H19N5O. The van der Waals surface area contributed by atoms with Gasteiger partial charge in [-0.3, -0.25) is 10.4 Å². The summed E-state index contributed by atoms with van der Waals surface area (Å²) in [6.45, 7) is 2.50. The van der Waals surface area contributed by atoms with Crippen LogP contribution in [0.5, 0.6) is 0 Å². The number of hydrazine groups is 1. The molecule has 0 aromatic carbocycles. The third kappa shape index (κ3) is 4.01. The molecular weight excluding hydrogens is 218 g/mol. The Morgan fingerprint density at radius 1 is 1.71 bits per heavy atom. The van der Waals surface area contributed by atoms with E-state index in [4.69, 9.17) is 10.6 Å². The molecule has 0 amide bonds. The Hall–Kier alpha value is -1.66. The van der Waals surface area contributed by atoms with Gasteiger partial charge in [0.1, 0.15) is 0 Å². The van der Waals surface area contributed by atoms with Crippen molar-refractivity contribution in [2.24, 2.45) is 10.8 Å². The summed E-state index contributed by atoms with van der Waals surface area (Å²) in [5.74, 6) is 6.04. The third-order valence-electron chi connectivity index (χ3n) is 2.23. The summed E-state index contributed by atoms with van der Waals surface area (Å²) < 4.78 is 5.03. The Morgan fingerprint density at radius 3 is 3.00 bits per heavy atom. The van der Waals surface area contributed by atoms with E-state index in [-0.39, 0.29) is 6.04 Å². The minimum absolute atomic E-state index is 0.0326. The van der Waals surface area contributed by atoms with Crippen LogP contribution in [0.4, 0.5) is 5.69 Å². The van der Waals surface area contributed by atoms with Gasteiger partial charge in [0, 0.05) is 20.4 Å². The second-order valence-electron chi connectivity index (χ2n) is 3.67. The van der Waals surface area contributed by atoms with E-state index in [1.165, 1.54) is 0 Å². The summed E-state index contributed by atoms with van der Waals surface area (Å²) >= 11 is 0. The molecule has 17 heavy (non-hydrogen) atoms. The second-order valence-corrected chi connectivity index (χ2v) is 3.67. The summed E-state index contributed by atoms with van der Waals surface area (Å²) in [4.78, 5) is 10.3. The summed E-state index contributed by atoms with van der Waals surface area (Å²) in [5.41, 5.74) is 3.49. The average molecular weight is 237 g/mol. The molecule has 0 fully saturated rings.